The van der Waals surface area contributed by atoms with Crippen LogP contribution < -0.4 is 0 Å². The molecule has 2 aromatic carbocycles. The molecule has 4 aromatic rings. The van der Waals surface area contributed by atoms with Crippen molar-refractivity contribution in [2.45, 2.75) is 20.8 Å². The Hall–Kier alpha value is -2.30. The van der Waals surface area contributed by atoms with Crippen LogP contribution in [0, 0.1) is 26.8 Å². The summed E-state index contributed by atoms with van der Waals surface area (Å²) in [6.07, 6.45) is 3.58. The second-order valence-corrected chi connectivity index (χ2v) is 6.21. The second-order valence-electron chi connectivity index (χ2n) is 6.21. The molecule has 25 heavy (non-hydrogen) atoms. The first-order valence-electron chi connectivity index (χ1n) is 7.86. The van der Waals surface area contributed by atoms with Crippen molar-refractivity contribution in [3.63, 3.8) is 0 Å². The molecule has 2 heterocycles. The number of aromatic nitrogens is 5. The quantitative estimate of drug-likeness (QED) is 0.389. The Morgan fingerprint density at radius 1 is 1.04 bits per heavy atom. The van der Waals surface area contributed by atoms with E-state index in [1.165, 1.54) is 16.7 Å². The van der Waals surface area contributed by atoms with Crippen molar-refractivity contribution >= 4 is 11.0 Å². The van der Waals surface area contributed by atoms with Crippen LogP contribution in [0.3, 0.4) is 0 Å². The van der Waals surface area contributed by atoms with Crippen molar-refractivity contribution in [3.8, 4) is 17.1 Å². The maximum Gasteiger partial charge on any atom is 0.114 e. The molecule has 4 rings (SSSR count). The van der Waals surface area contributed by atoms with Gasteiger partial charge in [-0.3, -0.25) is 4.98 Å². The minimum absolute atomic E-state index is 0. The van der Waals surface area contributed by atoms with Gasteiger partial charge in [-0.1, -0.05) is 23.3 Å². The first kappa shape index (κ1) is 17.5. The van der Waals surface area contributed by atoms with E-state index in [2.05, 4.69) is 54.2 Å². The molecule has 0 unspecified atom stereocenters. The van der Waals surface area contributed by atoms with Crippen LogP contribution in [0.2, 0.25) is 0 Å². The Kier molecular flexibility index (Phi) is 4.58. The molecule has 1 radical (unpaired) electrons. The molecule has 2 aromatic heterocycles. The van der Waals surface area contributed by atoms with Gasteiger partial charge < -0.3 is 9.13 Å². The van der Waals surface area contributed by atoms with Gasteiger partial charge in [0.2, 0.25) is 0 Å². The topological polar surface area (TPSA) is 48.5 Å². The average Bonchev–Trinajstić information content (AvgIpc) is 3.14. The zero-order valence-corrected chi connectivity index (χ0v) is 16.9. The Morgan fingerprint density at radius 2 is 1.76 bits per heavy atom. The van der Waals surface area contributed by atoms with E-state index < -0.39 is 0 Å². The van der Waals surface area contributed by atoms with Crippen molar-refractivity contribution in [2.24, 2.45) is 7.05 Å². The van der Waals surface area contributed by atoms with Crippen LogP contribution >= 0.6 is 0 Å². The number of rotatable bonds is 2. The van der Waals surface area contributed by atoms with Crippen LogP contribution in [-0.2, 0) is 27.2 Å². The molecule has 0 amide bonds. The standard InChI is InChI=1S/C19H18N5.Ir/c1-12-8-13(2)17(14(3)9-12)24-11-21-22-19(24)15-6-5-7-16-18(15)23(4)10-20-16;/h5,7-11H,1-4H3;/q-1;. The third-order valence-corrected chi connectivity index (χ3v) is 4.32. The molecule has 0 atom stereocenters. The van der Waals surface area contributed by atoms with E-state index in [0.29, 0.717) is 0 Å². The number of nitrogens with zero attached hydrogens (tertiary/aromatic N) is 5. The van der Waals surface area contributed by atoms with Crippen LogP contribution in [-0.4, -0.2) is 24.3 Å². The zero-order valence-electron chi connectivity index (χ0n) is 14.5. The molecule has 0 aliphatic rings. The van der Waals surface area contributed by atoms with Crippen LogP contribution in [0.15, 0.2) is 36.9 Å². The van der Waals surface area contributed by atoms with E-state index in [9.17, 15) is 0 Å². The Morgan fingerprint density at radius 3 is 2.48 bits per heavy atom. The van der Waals surface area contributed by atoms with Crippen LogP contribution in [0.1, 0.15) is 16.7 Å². The third-order valence-electron chi connectivity index (χ3n) is 4.32. The molecule has 0 saturated heterocycles. The molecule has 0 spiro atoms. The molecule has 0 aliphatic carbocycles. The normalized spacial score (nSPS) is 10.9. The summed E-state index contributed by atoms with van der Waals surface area (Å²) in [4.78, 5) is 4.42. The minimum atomic E-state index is 0. The summed E-state index contributed by atoms with van der Waals surface area (Å²) in [5, 5.41) is 8.54. The molecule has 0 bridgehead atoms. The molecule has 0 aliphatic heterocycles. The van der Waals surface area contributed by atoms with Gasteiger partial charge in [-0.25, -0.2) is 0 Å². The fraction of sp³-hybridized carbons (Fsp3) is 0.211. The summed E-state index contributed by atoms with van der Waals surface area (Å²) in [6, 6.07) is 11.5. The van der Waals surface area contributed by atoms with Gasteiger partial charge in [-0.2, -0.15) is 5.10 Å². The Bertz CT molecular complexity index is 1040. The summed E-state index contributed by atoms with van der Waals surface area (Å²) < 4.78 is 4.04. The summed E-state index contributed by atoms with van der Waals surface area (Å²) >= 11 is 0. The maximum atomic E-state index is 4.42. The summed E-state index contributed by atoms with van der Waals surface area (Å²) in [5.74, 6) is 0.777. The average molecular weight is 509 g/mol. The van der Waals surface area contributed by atoms with E-state index in [1.54, 1.807) is 6.33 Å². The SMILES string of the molecule is Cc1cc(C)c(-n2cnnc2-c2[c-]ccc3ncn(C)c23)c(C)c1.[Ir]. The van der Waals surface area contributed by atoms with E-state index in [-0.39, 0.29) is 20.1 Å². The fourth-order valence-corrected chi connectivity index (χ4v) is 3.44. The number of aryl methyl sites for hydroxylation is 4. The van der Waals surface area contributed by atoms with E-state index in [1.807, 2.05) is 34.6 Å². The Labute approximate surface area is 160 Å². The van der Waals surface area contributed by atoms with Crippen molar-refractivity contribution in [1.82, 2.24) is 24.3 Å². The van der Waals surface area contributed by atoms with Gasteiger partial charge in [0.1, 0.15) is 6.33 Å². The zero-order chi connectivity index (χ0) is 16.8. The van der Waals surface area contributed by atoms with Gasteiger partial charge in [0.15, 0.2) is 0 Å². The van der Waals surface area contributed by atoms with Gasteiger partial charge >= 0.3 is 0 Å². The molecule has 129 valence electrons. The van der Waals surface area contributed by atoms with Gasteiger partial charge in [-0.05, 0) is 37.4 Å². The predicted molar refractivity (Wildman–Crippen MR) is 94.1 cm³/mol. The number of hydrogen-bond donors (Lipinski definition) is 0. The summed E-state index contributed by atoms with van der Waals surface area (Å²) in [7, 11) is 1.98. The molecular weight excluding hydrogens is 490 g/mol. The maximum absolute atomic E-state index is 4.42. The second kappa shape index (κ2) is 6.54. The molecule has 5 nitrogen and oxygen atoms in total. The monoisotopic (exact) mass is 509 g/mol. The van der Waals surface area contributed by atoms with Gasteiger partial charge in [0.25, 0.3) is 0 Å². The van der Waals surface area contributed by atoms with Crippen molar-refractivity contribution < 1.29 is 20.1 Å². The number of imidazole rings is 1. The van der Waals surface area contributed by atoms with E-state index in [4.69, 9.17) is 0 Å². The first-order chi connectivity index (χ1) is 11.6. The number of fused-ring (bicyclic) bond motifs is 1. The fourth-order valence-electron chi connectivity index (χ4n) is 3.44. The van der Waals surface area contributed by atoms with Crippen LogP contribution in [0.5, 0.6) is 0 Å². The number of benzene rings is 2. The Balaban J connectivity index is 0.00000182. The van der Waals surface area contributed by atoms with Crippen molar-refractivity contribution in [2.75, 3.05) is 0 Å². The molecule has 0 saturated carbocycles. The minimum Gasteiger partial charge on any atom is -0.373 e. The molecule has 0 N–H and O–H groups in total. The number of hydrogen-bond acceptors (Lipinski definition) is 3. The van der Waals surface area contributed by atoms with Gasteiger partial charge in [0.05, 0.1) is 12.2 Å². The summed E-state index contributed by atoms with van der Waals surface area (Å²) in [6.45, 7) is 6.35. The van der Waals surface area contributed by atoms with Crippen LogP contribution in [0.25, 0.3) is 28.1 Å². The van der Waals surface area contributed by atoms with Gasteiger partial charge in [-0.15, -0.1) is 23.3 Å². The largest absolute Gasteiger partial charge is 0.373 e. The van der Waals surface area contributed by atoms with E-state index >= 15 is 0 Å². The molecular formula is C19H18IrN5-. The van der Waals surface area contributed by atoms with E-state index in [0.717, 1.165) is 28.1 Å². The van der Waals surface area contributed by atoms with Crippen molar-refractivity contribution in [3.05, 3.63) is 59.7 Å². The molecule has 0 fully saturated rings. The van der Waals surface area contributed by atoms with Crippen LogP contribution in [0.4, 0.5) is 0 Å². The predicted octanol–water partition coefficient (Wildman–Crippen LogP) is 3.54. The summed E-state index contributed by atoms with van der Waals surface area (Å²) in [5.41, 5.74) is 7.62. The third kappa shape index (κ3) is 2.81. The van der Waals surface area contributed by atoms with Gasteiger partial charge in [0, 0.05) is 38.4 Å². The molecule has 6 heteroatoms. The first-order valence-corrected chi connectivity index (χ1v) is 7.86. The smallest absolute Gasteiger partial charge is 0.114 e. The van der Waals surface area contributed by atoms with Crippen molar-refractivity contribution in [1.29, 1.82) is 0 Å².